The van der Waals surface area contributed by atoms with Crippen molar-refractivity contribution in [2.45, 2.75) is 0 Å². The van der Waals surface area contributed by atoms with Crippen molar-refractivity contribution >= 4 is 23.0 Å². The third-order valence-electron chi connectivity index (χ3n) is 2.15. The lowest BCUT2D eigenvalue weighted by molar-refractivity contribution is 0.0699. The van der Waals surface area contributed by atoms with E-state index in [1.807, 2.05) is 0 Å². The molecule has 76 valence electrons. The second-order valence-corrected chi connectivity index (χ2v) is 3.02. The molecular formula is C10H7NO4. The van der Waals surface area contributed by atoms with Gasteiger partial charge in [-0.3, -0.25) is 4.57 Å². The highest BCUT2D eigenvalue weighted by molar-refractivity contribution is 6.05. The van der Waals surface area contributed by atoms with Crippen molar-refractivity contribution in [3.63, 3.8) is 0 Å². The Hall–Kier alpha value is -2.30. The lowest BCUT2D eigenvalue weighted by Crippen LogP contribution is -2.05. The van der Waals surface area contributed by atoms with Crippen molar-refractivity contribution in [1.29, 1.82) is 0 Å². The molecule has 2 aromatic rings. The Labute approximate surface area is 84.2 Å². The van der Waals surface area contributed by atoms with E-state index in [-0.39, 0.29) is 5.56 Å². The van der Waals surface area contributed by atoms with Crippen molar-refractivity contribution in [3.8, 4) is 0 Å². The zero-order valence-electron chi connectivity index (χ0n) is 7.54. The lowest BCUT2D eigenvalue weighted by Gasteiger charge is -1.95. The normalized spacial score (nSPS) is 10.4. The Balaban J connectivity index is 2.85. The van der Waals surface area contributed by atoms with Gasteiger partial charge in [0.1, 0.15) is 0 Å². The van der Waals surface area contributed by atoms with Crippen LogP contribution >= 0.6 is 0 Å². The summed E-state index contributed by atoms with van der Waals surface area (Å²) in [5.41, 5.74) is 0.371. The van der Waals surface area contributed by atoms with Gasteiger partial charge in [-0.15, -0.1) is 0 Å². The molecule has 15 heavy (non-hydrogen) atoms. The monoisotopic (exact) mass is 205 g/mol. The second kappa shape index (κ2) is 3.13. The lowest BCUT2D eigenvalue weighted by atomic mass is 10.2. The van der Waals surface area contributed by atoms with Crippen LogP contribution in [-0.2, 0) is 0 Å². The quantitative estimate of drug-likeness (QED) is 0.744. The largest absolute Gasteiger partial charge is 0.478 e. The van der Waals surface area contributed by atoms with E-state index < -0.39 is 12.1 Å². The van der Waals surface area contributed by atoms with Gasteiger partial charge in [-0.05, 0) is 6.07 Å². The minimum absolute atomic E-state index is 0.00648. The van der Waals surface area contributed by atoms with Crippen molar-refractivity contribution in [3.05, 3.63) is 36.0 Å². The molecular weight excluding hydrogens is 198 g/mol. The van der Waals surface area contributed by atoms with Crippen LogP contribution in [0.15, 0.2) is 30.5 Å². The first-order valence-corrected chi connectivity index (χ1v) is 4.18. The number of fused-ring (bicyclic) bond motifs is 1. The number of benzene rings is 1. The highest BCUT2D eigenvalue weighted by Gasteiger charge is 2.16. The molecule has 0 spiro atoms. The molecule has 0 saturated carbocycles. The van der Waals surface area contributed by atoms with E-state index in [0.29, 0.717) is 10.9 Å². The zero-order chi connectivity index (χ0) is 11.0. The number of carboxylic acids is 1. The number of para-hydroxylation sites is 1. The van der Waals surface area contributed by atoms with E-state index in [1.54, 1.807) is 24.3 Å². The molecule has 0 atom stereocenters. The highest BCUT2D eigenvalue weighted by atomic mass is 16.4. The molecule has 0 saturated heterocycles. The van der Waals surface area contributed by atoms with Gasteiger partial charge in [-0.25, -0.2) is 9.59 Å². The van der Waals surface area contributed by atoms with Crippen molar-refractivity contribution in [1.82, 2.24) is 4.57 Å². The maximum atomic E-state index is 10.8. The molecule has 5 nitrogen and oxygen atoms in total. The first kappa shape index (κ1) is 9.26. The standard InChI is InChI=1S/C10H7NO4/c12-9(13)7-5-11(10(14)15)8-4-2-1-3-6(7)8/h1-5H,(H,12,13)(H,14,15). The Morgan fingerprint density at radius 3 is 2.40 bits per heavy atom. The molecule has 1 heterocycles. The number of hydrogen-bond donors (Lipinski definition) is 2. The van der Waals surface area contributed by atoms with Gasteiger partial charge in [0.2, 0.25) is 0 Å². The van der Waals surface area contributed by atoms with Crippen LogP contribution in [0.1, 0.15) is 10.4 Å². The number of nitrogens with zero attached hydrogens (tertiary/aromatic N) is 1. The van der Waals surface area contributed by atoms with Gasteiger partial charge < -0.3 is 10.2 Å². The fraction of sp³-hybridized carbons (Fsp3) is 0. The van der Waals surface area contributed by atoms with Gasteiger partial charge in [0, 0.05) is 11.6 Å². The molecule has 0 aliphatic rings. The Bertz CT molecular complexity index is 508. The smallest absolute Gasteiger partial charge is 0.416 e. The molecule has 1 aromatic carbocycles. The average molecular weight is 205 g/mol. The first-order chi connectivity index (χ1) is 7.11. The molecule has 5 heteroatoms. The van der Waals surface area contributed by atoms with Crippen molar-refractivity contribution in [2.24, 2.45) is 0 Å². The molecule has 0 aliphatic carbocycles. The van der Waals surface area contributed by atoms with Gasteiger partial charge in [0.25, 0.3) is 0 Å². The minimum atomic E-state index is -1.20. The summed E-state index contributed by atoms with van der Waals surface area (Å²) < 4.78 is 0.902. The number of rotatable bonds is 1. The Morgan fingerprint density at radius 1 is 1.13 bits per heavy atom. The predicted molar refractivity (Wildman–Crippen MR) is 52.3 cm³/mol. The van der Waals surface area contributed by atoms with E-state index in [9.17, 15) is 9.59 Å². The fourth-order valence-corrected chi connectivity index (χ4v) is 1.51. The van der Waals surface area contributed by atoms with Crippen molar-refractivity contribution < 1.29 is 19.8 Å². The van der Waals surface area contributed by atoms with Crippen LogP contribution in [0.5, 0.6) is 0 Å². The number of aromatic nitrogens is 1. The third-order valence-corrected chi connectivity index (χ3v) is 2.15. The van der Waals surface area contributed by atoms with E-state index in [4.69, 9.17) is 10.2 Å². The summed E-state index contributed by atoms with van der Waals surface area (Å²) in [6.45, 7) is 0. The molecule has 0 amide bonds. The van der Waals surface area contributed by atoms with Crippen LogP contribution in [0.3, 0.4) is 0 Å². The number of carbonyl (C=O) groups is 2. The summed E-state index contributed by atoms with van der Waals surface area (Å²) in [6.07, 6.45) is -0.0892. The van der Waals surface area contributed by atoms with Crippen LogP contribution in [0, 0.1) is 0 Å². The summed E-state index contributed by atoms with van der Waals surface area (Å²) in [7, 11) is 0. The van der Waals surface area contributed by atoms with Crippen molar-refractivity contribution in [2.75, 3.05) is 0 Å². The summed E-state index contributed by atoms with van der Waals surface area (Å²) in [6, 6.07) is 6.47. The van der Waals surface area contributed by atoms with Crippen LogP contribution in [0.2, 0.25) is 0 Å². The molecule has 2 rings (SSSR count). The number of aromatic carboxylic acids is 1. The summed E-state index contributed by atoms with van der Waals surface area (Å²) in [5, 5.41) is 18.1. The fourth-order valence-electron chi connectivity index (χ4n) is 1.51. The maximum Gasteiger partial charge on any atom is 0.416 e. The predicted octanol–water partition coefficient (Wildman–Crippen LogP) is 1.87. The van der Waals surface area contributed by atoms with Gasteiger partial charge in [0.05, 0.1) is 11.1 Å². The van der Waals surface area contributed by atoms with Crippen LogP contribution in [-0.4, -0.2) is 26.8 Å². The van der Waals surface area contributed by atoms with Gasteiger partial charge in [0.15, 0.2) is 0 Å². The van der Waals surface area contributed by atoms with E-state index in [2.05, 4.69) is 0 Å². The molecule has 0 bridgehead atoms. The van der Waals surface area contributed by atoms with Gasteiger partial charge in [-0.2, -0.15) is 0 Å². The van der Waals surface area contributed by atoms with Crippen LogP contribution < -0.4 is 0 Å². The molecule has 0 aliphatic heterocycles. The summed E-state index contributed by atoms with van der Waals surface area (Å²) in [5.74, 6) is -1.13. The van der Waals surface area contributed by atoms with E-state index in [1.165, 1.54) is 0 Å². The minimum Gasteiger partial charge on any atom is -0.478 e. The highest BCUT2D eigenvalue weighted by Crippen LogP contribution is 2.20. The molecule has 2 N–H and O–H groups in total. The third kappa shape index (κ3) is 1.34. The van der Waals surface area contributed by atoms with Crippen LogP contribution in [0.4, 0.5) is 4.79 Å². The second-order valence-electron chi connectivity index (χ2n) is 3.02. The number of hydrogen-bond acceptors (Lipinski definition) is 2. The van der Waals surface area contributed by atoms with Gasteiger partial charge in [-0.1, -0.05) is 18.2 Å². The maximum absolute atomic E-state index is 10.8. The zero-order valence-corrected chi connectivity index (χ0v) is 7.54. The molecule has 0 radical (unpaired) electrons. The topological polar surface area (TPSA) is 79.5 Å². The Kier molecular flexibility index (Phi) is 1.93. The van der Waals surface area contributed by atoms with Crippen LogP contribution in [0.25, 0.3) is 10.9 Å². The SMILES string of the molecule is O=C(O)c1cn(C(=O)O)c2ccccc12. The van der Waals surface area contributed by atoms with E-state index >= 15 is 0 Å². The molecule has 1 aromatic heterocycles. The molecule has 0 fully saturated rings. The summed E-state index contributed by atoms with van der Waals surface area (Å²) in [4.78, 5) is 21.7. The Morgan fingerprint density at radius 2 is 1.80 bits per heavy atom. The summed E-state index contributed by atoms with van der Waals surface area (Å²) >= 11 is 0. The first-order valence-electron chi connectivity index (χ1n) is 4.18. The van der Waals surface area contributed by atoms with Gasteiger partial charge >= 0.3 is 12.1 Å². The molecule has 0 unspecified atom stereocenters. The van der Waals surface area contributed by atoms with E-state index in [0.717, 1.165) is 10.8 Å². The average Bonchev–Trinajstić information content (AvgIpc) is 2.56. The number of carboxylic acid groups (broad SMARTS) is 2.